The van der Waals surface area contributed by atoms with Crippen molar-refractivity contribution in [2.24, 2.45) is 0 Å². The van der Waals surface area contributed by atoms with Gasteiger partial charge in [0.15, 0.2) is 0 Å². The molecular weight excluding hydrogens is 767 g/mol. The molecule has 12 rings (SSSR count). The van der Waals surface area contributed by atoms with E-state index in [0.717, 1.165) is 17.1 Å². The minimum Gasteiger partial charge on any atom is -0.310 e. The molecule has 0 fully saturated rings. The summed E-state index contributed by atoms with van der Waals surface area (Å²) in [6.45, 7) is 0. The average Bonchev–Trinajstić information content (AvgIpc) is 3.72. The maximum Gasteiger partial charge on any atom is 0.0546 e. The Labute approximate surface area is 365 Å². The quantitative estimate of drug-likeness (QED) is 0.145. The first kappa shape index (κ1) is 36.1. The first-order valence-electron chi connectivity index (χ1n) is 21.2. The highest BCUT2D eigenvalue weighted by molar-refractivity contribution is 7.25. The summed E-state index contributed by atoms with van der Waals surface area (Å²) in [6, 6.07) is 86.9. The van der Waals surface area contributed by atoms with Crippen molar-refractivity contribution in [2.45, 2.75) is 0 Å². The lowest BCUT2D eigenvalue weighted by atomic mass is 9.91. The van der Waals surface area contributed by atoms with E-state index >= 15 is 0 Å². The highest BCUT2D eigenvalue weighted by Gasteiger charge is 2.21. The smallest absolute Gasteiger partial charge is 0.0546 e. The highest BCUT2D eigenvalue weighted by Crippen LogP contribution is 2.47. The van der Waals surface area contributed by atoms with Crippen LogP contribution in [0, 0.1) is 0 Å². The Morgan fingerprint density at radius 3 is 1.69 bits per heavy atom. The van der Waals surface area contributed by atoms with Crippen molar-refractivity contribution < 1.29 is 0 Å². The molecule has 0 atom stereocenters. The molecule has 2 heteroatoms. The molecule has 0 aliphatic rings. The molecule has 0 bridgehead atoms. The number of anilines is 3. The zero-order valence-electron chi connectivity index (χ0n) is 33.9. The Balaban J connectivity index is 1.04. The molecular formula is C60H39NS. The number of fused-ring (bicyclic) bond motifs is 7. The summed E-state index contributed by atoms with van der Waals surface area (Å²) in [6.07, 6.45) is 0. The van der Waals surface area contributed by atoms with Crippen molar-refractivity contribution in [1.29, 1.82) is 0 Å². The van der Waals surface area contributed by atoms with E-state index in [0.29, 0.717) is 0 Å². The third-order valence-electron chi connectivity index (χ3n) is 12.4. The fourth-order valence-electron chi connectivity index (χ4n) is 9.37. The summed E-state index contributed by atoms with van der Waals surface area (Å²) >= 11 is 1.86. The van der Waals surface area contributed by atoms with Gasteiger partial charge in [0.2, 0.25) is 0 Å². The zero-order valence-corrected chi connectivity index (χ0v) is 34.7. The third kappa shape index (κ3) is 6.32. The lowest BCUT2D eigenvalue weighted by molar-refractivity contribution is 1.29. The fourth-order valence-corrected chi connectivity index (χ4v) is 10.5. The number of nitrogens with zero attached hydrogens (tertiary/aromatic N) is 1. The molecule has 1 nitrogen and oxygen atoms in total. The Hall–Kier alpha value is -7.78. The Morgan fingerprint density at radius 2 is 0.855 bits per heavy atom. The molecule has 0 saturated carbocycles. The van der Waals surface area contributed by atoms with Gasteiger partial charge in [-0.2, -0.15) is 0 Å². The lowest BCUT2D eigenvalue weighted by Gasteiger charge is -2.29. The minimum atomic E-state index is 1.09. The molecule has 0 unspecified atom stereocenters. The van der Waals surface area contributed by atoms with Crippen LogP contribution in [-0.2, 0) is 0 Å². The van der Waals surface area contributed by atoms with E-state index < -0.39 is 0 Å². The van der Waals surface area contributed by atoms with Crippen molar-refractivity contribution in [3.05, 3.63) is 237 Å². The SMILES string of the molecule is c1ccc(-c2ccc(-c3cc4ccccc4c4ccccc34)cc2N(c2ccc(-c3cccc(-c4ccc5ccccc5c4)c3)cc2)c2ccc3c(c2)sc2ccccc23)cc1. The van der Waals surface area contributed by atoms with Gasteiger partial charge in [0.05, 0.1) is 5.69 Å². The van der Waals surface area contributed by atoms with Crippen LogP contribution in [0.25, 0.3) is 97.0 Å². The molecule has 0 amide bonds. The Bertz CT molecular complexity index is 3640. The van der Waals surface area contributed by atoms with Crippen LogP contribution in [0.15, 0.2) is 237 Å². The van der Waals surface area contributed by atoms with Gasteiger partial charge in [-0.15, -0.1) is 11.3 Å². The Kier molecular flexibility index (Phi) is 8.76. The second-order valence-electron chi connectivity index (χ2n) is 16.1. The molecule has 0 N–H and O–H groups in total. The van der Waals surface area contributed by atoms with E-state index in [9.17, 15) is 0 Å². The van der Waals surface area contributed by atoms with Crippen molar-refractivity contribution >= 4 is 80.9 Å². The predicted octanol–water partition coefficient (Wildman–Crippen LogP) is 17.7. The lowest BCUT2D eigenvalue weighted by Crippen LogP contribution is -2.11. The van der Waals surface area contributed by atoms with Crippen molar-refractivity contribution in [3.8, 4) is 44.5 Å². The molecule has 0 saturated heterocycles. The van der Waals surface area contributed by atoms with E-state index in [4.69, 9.17) is 0 Å². The van der Waals surface area contributed by atoms with Crippen LogP contribution in [0.5, 0.6) is 0 Å². The summed E-state index contributed by atoms with van der Waals surface area (Å²) in [7, 11) is 0. The first-order valence-corrected chi connectivity index (χ1v) is 22.0. The maximum absolute atomic E-state index is 2.47. The summed E-state index contributed by atoms with van der Waals surface area (Å²) in [5, 5.41) is 10.1. The fraction of sp³-hybridized carbons (Fsp3) is 0. The van der Waals surface area contributed by atoms with Gasteiger partial charge >= 0.3 is 0 Å². The van der Waals surface area contributed by atoms with Crippen molar-refractivity contribution in [1.82, 2.24) is 0 Å². The van der Waals surface area contributed by atoms with Crippen LogP contribution in [0.3, 0.4) is 0 Å². The summed E-state index contributed by atoms with van der Waals surface area (Å²) in [5.41, 5.74) is 12.9. The maximum atomic E-state index is 2.47. The number of rotatable bonds is 7. The molecule has 1 heterocycles. The average molecular weight is 806 g/mol. The number of hydrogen-bond donors (Lipinski definition) is 0. The molecule has 0 radical (unpaired) electrons. The van der Waals surface area contributed by atoms with Gasteiger partial charge in [-0.1, -0.05) is 182 Å². The predicted molar refractivity (Wildman–Crippen MR) is 268 cm³/mol. The van der Waals surface area contributed by atoms with Gasteiger partial charge in [-0.25, -0.2) is 0 Å². The van der Waals surface area contributed by atoms with E-state index in [2.05, 4.69) is 241 Å². The van der Waals surface area contributed by atoms with Gasteiger partial charge in [0.1, 0.15) is 0 Å². The summed E-state index contributed by atoms with van der Waals surface area (Å²) < 4.78 is 2.57. The second kappa shape index (κ2) is 15.0. The van der Waals surface area contributed by atoms with E-state index in [-0.39, 0.29) is 0 Å². The van der Waals surface area contributed by atoms with Gasteiger partial charge in [-0.3, -0.25) is 0 Å². The van der Waals surface area contributed by atoms with Crippen LogP contribution >= 0.6 is 11.3 Å². The molecule has 1 aromatic heterocycles. The van der Waals surface area contributed by atoms with E-state index in [1.807, 2.05) is 11.3 Å². The largest absolute Gasteiger partial charge is 0.310 e. The van der Waals surface area contributed by atoms with Crippen molar-refractivity contribution in [3.63, 3.8) is 0 Å². The Morgan fingerprint density at radius 1 is 0.258 bits per heavy atom. The summed E-state index contributed by atoms with van der Waals surface area (Å²) in [5.74, 6) is 0. The first-order chi connectivity index (χ1) is 30.7. The van der Waals surface area contributed by atoms with Gasteiger partial charge in [-0.05, 0) is 126 Å². The normalized spacial score (nSPS) is 11.5. The van der Waals surface area contributed by atoms with E-state index in [1.165, 1.54) is 97.0 Å². The second-order valence-corrected chi connectivity index (χ2v) is 17.2. The minimum absolute atomic E-state index is 1.09. The van der Waals surface area contributed by atoms with E-state index in [1.54, 1.807) is 0 Å². The molecule has 290 valence electrons. The van der Waals surface area contributed by atoms with Crippen LogP contribution in [0.1, 0.15) is 0 Å². The topological polar surface area (TPSA) is 3.24 Å². The molecule has 0 aliphatic carbocycles. The number of benzene rings is 11. The van der Waals surface area contributed by atoms with Crippen LogP contribution in [0.2, 0.25) is 0 Å². The highest BCUT2D eigenvalue weighted by atomic mass is 32.1. The number of hydrogen-bond acceptors (Lipinski definition) is 2. The van der Waals surface area contributed by atoms with Gasteiger partial charge < -0.3 is 4.90 Å². The monoisotopic (exact) mass is 805 g/mol. The van der Waals surface area contributed by atoms with Crippen LogP contribution < -0.4 is 4.90 Å². The summed E-state index contributed by atoms with van der Waals surface area (Å²) in [4.78, 5) is 2.47. The van der Waals surface area contributed by atoms with Crippen molar-refractivity contribution in [2.75, 3.05) is 4.90 Å². The number of thiophene rings is 1. The molecule has 12 aromatic rings. The molecule has 11 aromatic carbocycles. The van der Waals surface area contributed by atoms with Gasteiger partial charge in [0, 0.05) is 37.1 Å². The van der Waals surface area contributed by atoms with Crippen LogP contribution in [-0.4, -0.2) is 0 Å². The third-order valence-corrected chi connectivity index (χ3v) is 13.6. The molecule has 0 aliphatic heterocycles. The zero-order chi connectivity index (χ0) is 41.0. The van der Waals surface area contributed by atoms with Crippen LogP contribution in [0.4, 0.5) is 17.1 Å². The van der Waals surface area contributed by atoms with Gasteiger partial charge in [0.25, 0.3) is 0 Å². The molecule has 0 spiro atoms. The standard InChI is InChI=1S/C60H39NS/c1-2-14-42(15-3-1)52-33-29-48(57-37-47-17-6-7-20-51(47)53-21-8-9-22-54(53)57)38-58(52)61(50-32-34-56-55-23-10-11-24-59(55)62-60(56)39-50)49-30-27-41(28-31-49)44-18-12-19-45(35-44)46-26-25-40-13-4-5-16-43(40)36-46/h1-39H. The molecule has 62 heavy (non-hydrogen) atoms.